The average molecular weight is 488 g/mol. The van der Waals surface area contributed by atoms with Gasteiger partial charge in [0.1, 0.15) is 11.6 Å². The van der Waals surface area contributed by atoms with Gasteiger partial charge in [0.25, 0.3) is 5.56 Å². The highest BCUT2D eigenvalue weighted by molar-refractivity contribution is 6.00. The van der Waals surface area contributed by atoms with Crippen LogP contribution in [0, 0.1) is 20.8 Å². The highest BCUT2D eigenvalue weighted by Crippen LogP contribution is 2.45. The number of nitrogens with one attached hydrogen (secondary N) is 1. The lowest BCUT2D eigenvalue weighted by Crippen LogP contribution is -2.36. The molecule has 0 amide bonds. The number of carbonyl (C=O) groups is 1. The fourth-order valence-electron chi connectivity index (χ4n) is 5.41. The number of anilines is 1. The van der Waals surface area contributed by atoms with E-state index in [4.69, 9.17) is 14.5 Å². The van der Waals surface area contributed by atoms with Crippen LogP contribution in [0.15, 0.2) is 35.3 Å². The zero-order valence-electron chi connectivity index (χ0n) is 21.4. The molecule has 3 aromatic rings. The van der Waals surface area contributed by atoms with Crippen LogP contribution >= 0.6 is 0 Å². The molecular weight excluding hydrogens is 454 g/mol. The minimum atomic E-state index is -0.111. The van der Waals surface area contributed by atoms with Gasteiger partial charge >= 0.3 is 0 Å². The molecule has 36 heavy (non-hydrogen) atoms. The number of ketones is 1. The van der Waals surface area contributed by atoms with Crippen LogP contribution in [-0.4, -0.2) is 48.7 Å². The third kappa shape index (κ3) is 4.55. The van der Waals surface area contributed by atoms with E-state index in [9.17, 15) is 9.59 Å². The second kappa shape index (κ2) is 9.90. The van der Waals surface area contributed by atoms with E-state index >= 15 is 0 Å². The molecule has 1 fully saturated rings. The first-order valence-electron chi connectivity index (χ1n) is 12.7. The number of aryl methyl sites for hydroxylation is 2. The fraction of sp³-hybridized carbons (Fsp3) is 0.414. The molecule has 1 saturated heterocycles. The molecule has 5 rings (SSSR count). The van der Waals surface area contributed by atoms with Gasteiger partial charge in [0.15, 0.2) is 5.78 Å². The van der Waals surface area contributed by atoms with Gasteiger partial charge in [0.2, 0.25) is 0 Å². The van der Waals surface area contributed by atoms with E-state index in [2.05, 4.69) is 22.9 Å². The predicted octanol–water partition coefficient (Wildman–Crippen LogP) is 4.51. The number of fused-ring (bicyclic) bond motifs is 1. The molecule has 1 unspecified atom stereocenters. The molecule has 1 aromatic carbocycles. The molecule has 0 spiro atoms. The maximum absolute atomic E-state index is 13.5. The minimum absolute atomic E-state index is 0.0351. The molecule has 4 heterocycles. The first-order chi connectivity index (χ1) is 17.3. The van der Waals surface area contributed by atoms with E-state index in [1.54, 1.807) is 0 Å². The molecule has 7 heteroatoms. The SMILES string of the molecule is Cc1cc(C)c(CCC(=O)c2cc(-c3ccc(N4CCOCC4)nc3)c3c(c2C)C(C)CO3)c(=O)[nH]1. The number of carbonyl (C=O) groups excluding carboxylic acids is 1. The van der Waals surface area contributed by atoms with Gasteiger partial charge in [-0.25, -0.2) is 4.98 Å². The Kier molecular flexibility index (Phi) is 6.67. The molecule has 1 N–H and O–H groups in total. The molecule has 0 radical (unpaired) electrons. The summed E-state index contributed by atoms with van der Waals surface area (Å²) in [6.07, 6.45) is 2.55. The van der Waals surface area contributed by atoms with Crippen molar-refractivity contribution in [3.63, 3.8) is 0 Å². The Morgan fingerprint density at radius 1 is 1.17 bits per heavy atom. The first-order valence-corrected chi connectivity index (χ1v) is 12.7. The van der Waals surface area contributed by atoms with Crippen LogP contribution in [0.1, 0.15) is 57.6 Å². The molecule has 188 valence electrons. The maximum Gasteiger partial charge on any atom is 0.251 e. The van der Waals surface area contributed by atoms with Gasteiger partial charge in [-0.2, -0.15) is 0 Å². The lowest BCUT2D eigenvalue weighted by molar-refractivity contribution is 0.0982. The Hall–Kier alpha value is -3.45. The number of Topliss-reactive ketones (excluding diaryl/α,β-unsaturated/α-hetero) is 1. The number of rotatable bonds is 6. The van der Waals surface area contributed by atoms with Crippen LogP contribution in [-0.2, 0) is 11.2 Å². The van der Waals surface area contributed by atoms with Crippen molar-refractivity contribution in [3.05, 3.63) is 74.3 Å². The fourth-order valence-corrected chi connectivity index (χ4v) is 5.41. The number of ether oxygens (including phenoxy) is 2. The number of pyridine rings is 2. The molecule has 2 aliphatic rings. The summed E-state index contributed by atoms with van der Waals surface area (Å²) in [6, 6.07) is 7.98. The molecule has 1 atom stereocenters. The van der Waals surface area contributed by atoms with Crippen molar-refractivity contribution < 1.29 is 14.3 Å². The Morgan fingerprint density at radius 2 is 1.94 bits per heavy atom. The lowest BCUT2D eigenvalue weighted by atomic mass is 9.87. The van der Waals surface area contributed by atoms with Gasteiger partial charge in [-0.05, 0) is 62.6 Å². The van der Waals surface area contributed by atoms with Crippen LogP contribution in [0.25, 0.3) is 11.1 Å². The number of morpholine rings is 1. The number of aromatic nitrogens is 2. The lowest BCUT2D eigenvalue weighted by Gasteiger charge is -2.27. The van der Waals surface area contributed by atoms with Crippen molar-refractivity contribution in [3.8, 4) is 16.9 Å². The summed E-state index contributed by atoms with van der Waals surface area (Å²) in [5.41, 5.74) is 6.89. The number of benzene rings is 1. The predicted molar refractivity (Wildman–Crippen MR) is 141 cm³/mol. The number of nitrogens with zero attached hydrogens (tertiary/aromatic N) is 2. The second-order valence-electron chi connectivity index (χ2n) is 9.92. The largest absolute Gasteiger partial charge is 0.492 e. The third-order valence-electron chi connectivity index (χ3n) is 7.35. The van der Waals surface area contributed by atoms with Gasteiger partial charge in [0.05, 0.1) is 19.8 Å². The van der Waals surface area contributed by atoms with E-state index in [0.717, 1.165) is 58.2 Å². The average Bonchev–Trinajstić information content (AvgIpc) is 3.26. The zero-order valence-corrected chi connectivity index (χ0v) is 21.4. The van der Waals surface area contributed by atoms with Crippen molar-refractivity contribution >= 4 is 11.6 Å². The highest BCUT2D eigenvalue weighted by atomic mass is 16.5. The van der Waals surface area contributed by atoms with Crippen molar-refractivity contribution in [2.75, 3.05) is 37.8 Å². The van der Waals surface area contributed by atoms with Crippen molar-refractivity contribution in [2.24, 2.45) is 0 Å². The maximum atomic E-state index is 13.5. The van der Waals surface area contributed by atoms with Gasteiger partial charge in [-0.1, -0.05) is 6.92 Å². The second-order valence-corrected chi connectivity index (χ2v) is 9.92. The summed E-state index contributed by atoms with van der Waals surface area (Å²) >= 11 is 0. The normalized spacial score (nSPS) is 17.1. The van der Waals surface area contributed by atoms with Gasteiger partial charge in [-0.3, -0.25) is 9.59 Å². The summed E-state index contributed by atoms with van der Waals surface area (Å²) in [6.45, 7) is 11.6. The Bertz CT molecular complexity index is 1350. The van der Waals surface area contributed by atoms with E-state index in [0.29, 0.717) is 37.4 Å². The van der Waals surface area contributed by atoms with E-state index in [1.807, 2.05) is 45.2 Å². The monoisotopic (exact) mass is 487 g/mol. The number of H-pyrrole nitrogens is 1. The Labute approximate surface area is 211 Å². The van der Waals surface area contributed by atoms with Crippen LogP contribution in [0.2, 0.25) is 0 Å². The minimum Gasteiger partial charge on any atom is -0.492 e. The highest BCUT2D eigenvalue weighted by Gasteiger charge is 2.29. The summed E-state index contributed by atoms with van der Waals surface area (Å²) in [5, 5.41) is 0. The van der Waals surface area contributed by atoms with E-state index < -0.39 is 0 Å². The van der Waals surface area contributed by atoms with Crippen LogP contribution in [0.4, 0.5) is 5.82 Å². The van der Waals surface area contributed by atoms with Crippen LogP contribution < -0.4 is 15.2 Å². The Balaban J connectivity index is 1.47. The topological polar surface area (TPSA) is 84.5 Å². The van der Waals surface area contributed by atoms with Crippen LogP contribution in [0.5, 0.6) is 5.75 Å². The molecule has 0 bridgehead atoms. The van der Waals surface area contributed by atoms with Crippen LogP contribution in [0.3, 0.4) is 0 Å². The molecule has 7 nitrogen and oxygen atoms in total. The van der Waals surface area contributed by atoms with Gasteiger partial charge in [-0.15, -0.1) is 0 Å². The molecule has 2 aliphatic heterocycles. The first kappa shape index (κ1) is 24.3. The quantitative estimate of drug-likeness (QED) is 0.515. The number of hydrogen-bond acceptors (Lipinski definition) is 6. The summed E-state index contributed by atoms with van der Waals surface area (Å²) in [5.74, 6) is 2.01. The molecule has 2 aromatic heterocycles. The Morgan fingerprint density at radius 3 is 2.64 bits per heavy atom. The molecule has 0 aliphatic carbocycles. The van der Waals surface area contributed by atoms with Crippen molar-refractivity contribution in [1.82, 2.24) is 9.97 Å². The third-order valence-corrected chi connectivity index (χ3v) is 7.35. The standard InChI is InChI=1S/C29H33N3O4/c1-17-13-19(3)31-29(34)22(17)6-7-25(33)23-14-24(28-27(20(23)4)18(2)16-36-28)21-5-8-26(30-15-21)32-9-11-35-12-10-32/h5,8,13-15,18H,6-7,9-12,16H2,1-4H3,(H,31,34). The van der Waals surface area contributed by atoms with Crippen molar-refractivity contribution in [1.29, 1.82) is 0 Å². The smallest absolute Gasteiger partial charge is 0.251 e. The molecule has 0 saturated carbocycles. The summed E-state index contributed by atoms with van der Waals surface area (Å²) < 4.78 is 11.6. The van der Waals surface area contributed by atoms with Crippen molar-refractivity contribution in [2.45, 2.75) is 46.5 Å². The van der Waals surface area contributed by atoms with E-state index in [1.165, 1.54) is 0 Å². The summed E-state index contributed by atoms with van der Waals surface area (Å²) in [7, 11) is 0. The summed E-state index contributed by atoms with van der Waals surface area (Å²) in [4.78, 5) is 35.7. The molecular formula is C29H33N3O4. The number of aromatic amines is 1. The number of hydrogen-bond donors (Lipinski definition) is 1. The zero-order chi connectivity index (χ0) is 25.4. The van der Waals surface area contributed by atoms with Gasteiger partial charge in [0, 0.05) is 65.1 Å². The van der Waals surface area contributed by atoms with E-state index in [-0.39, 0.29) is 23.7 Å². The van der Waals surface area contributed by atoms with Gasteiger partial charge < -0.3 is 19.4 Å².